The zero-order valence-electron chi connectivity index (χ0n) is 22.5. The summed E-state index contributed by atoms with van der Waals surface area (Å²) in [5, 5.41) is 1.71. The summed E-state index contributed by atoms with van der Waals surface area (Å²) in [7, 11) is 2.01. The monoisotopic (exact) mass is 500 g/mol. The first-order chi connectivity index (χ1) is 18.2. The molecule has 0 saturated heterocycles. The maximum absolute atomic E-state index is 16.0. The van der Waals surface area contributed by atoms with Gasteiger partial charge in [0, 0.05) is 28.5 Å². The second kappa shape index (κ2) is 8.95. The molecule has 188 valence electrons. The fraction of sp³-hybridized carbons (Fsp3) is 0.171. The second-order valence-corrected chi connectivity index (χ2v) is 11.1. The van der Waals surface area contributed by atoms with Crippen molar-refractivity contribution >= 4 is 21.9 Å². The normalized spacial score (nSPS) is 11.9. The van der Waals surface area contributed by atoms with Gasteiger partial charge < -0.3 is 4.42 Å². The van der Waals surface area contributed by atoms with Crippen LogP contribution in [0.25, 0.3) is 55.4 Å². The molecular formula is C35H31FNO+. The Morgan fingerprint density at radius 3 is 1.95 bits per heavy atom. The molecule has 0 radical (unpaired) electrons. The van der Waals surface area contributed by atoms with Crippen LogP contribution in [0, 0.1) is 12.7 Å². The number of aryl methyl sites for hydroxylation is 2. The van der Waals surface area contributed by atoms with Gasteiger partial charge in [-0.05, 0) is 52.3 Å². The van der Waals surface area contributed by atoms with Gasteiger partial charge in [0.05, 0.1) is 5.56 Å². The van der Waals surface area contributed by atoms with Crippen molar-refractivity contribution in [1.82, 2.24) is 0 Å². The molecule has 2 nitrogen and oxygen atoms in total. The van der Waals surface area contributed by atoms with Crippen molar-refractivity contribution in [3.8, 4) is 33.5 Å². The number of halogens is 1. The number of pyridine rings is 1. The summed E-state index contributed by atoms with van der Waals surface area (Å²) >= 11 is 0. The molecule has 38 heavy (non-hydrogen) atoms. The van der Waals surface area contributed by atoms with Crippen molar-refractivity contribution < 1.29 is 13.4 Å². The fourth-order valence-electron chi connectivity index (χ4n) is 5.30. The van der Waals surface area contributed by atoms with Crippen molar-refractivity contribution in [3.05, 3.63) is 114 Å². The number of hydrogen-bond donors (Lipinski definition) is 0. The third-order valence-corrected chi connectivity index (χ3v) is 7.55. The van der Waals surface area contributed by atoms with Gasteiger partial charge in [-0.15, -0.1) is 0 Å². The molecule has 0 saturated carbocycles. The molecule has 0 aliphatic carbocycles. The van der Waals surface area contributed by atoms with E-state index in [4.69, 9.17) is 4.42 Å². The summed E-state index contributed by atoms with van der Waals surface area (Å²) in [6.45, 7) is 8.71. The Kier molecular flexibility index (Phi) is 5.68. The second-order valence-electron chi connectivity index (χ2n) is 11.1. The van der Waals surface area contributed by atoms with Gasteiger partial charge in [0.15, 0.2) is 17.6 Å². The van der Waals surface area contributed by atoms with Crippen molar-refractivity contribution in [2.75, 3.05) is 0 Å². The molecule has 0 unspecified atom stereocenters. The predicted octanol–water partition coefficient (Wildman–Crippen LogP) is 9.16. The molecule has 2 aromatic heterocycles. The lowest BCUT2D eigenvalue weighted by atomic mass is 9.86. The van der Waals surface area contributed by atoms with Crippen LogP contribution in [0.2, 0.25) is 0 Å². The highest BCUT2D eigenvalue weighted by atomic mass is 19.1. The molecule has 4 aromatic carbocycles. The van der Waals surface area contributed by atoms with Gasteiger partial charge >= 0.3 is 0 Å². The topological polar surface area (TPSA) is 17.0 Å². The number of aromatic nitrogens is 1. The maximum Gasteiger partial charge on any atom is 0.216 e. The van der Waals surface area contributed by atoms with Crippen LogP contribution in [0.4, 0.5) is 4.39 Å². The van der Waals surface area contributed by atoms with Gasteiger partial charge in [-0.3, -0.25) is 0 Å². The average Bonchev–Trinajstić information content (AvgIpc) is 3.29. The minimum atomic E-state index is -0.331. The molecule has 0 amide bonds. The Hall–Kier alpha value is -4.24. The lowest BCUT2D eigenvalue weighted by Gasteiger charge is -2.19. The van der Waals surface area contributed by atoms with E-state index >= 15 is 4.39 Å². The lowest BCUT2D eigenvalue weighted by Crippen LogP contribution is -2.30. The van der Waals surface area contributed by atoms with Gasteiger partial charge in [-0.2, -0.15) is 0 Å². The first-order valence-corrected chi connectivity index (χ1v) is 13.0. The molecule has 6 rings (SSSR count). The van der Waals surface area contributed by atoms with E-state index in [-0.39, 0.29) is 11.2 Å². The van der Waals surface area contributed by atoms with Crippen molar-refractivity contribution in [1.29, 1.82) is 0 Å². The van der Waals surface area contributed by atoms with Crippen molar-refractivity contribution in [2.45, 2.75) is 33.1 Å². The Morgan fingerprint density at radius 1 is 0.684 bits per heavy atom. The number of hydrogen-bond acceptors (Lipinski definition) is 1. The minimum absolute atomic E-state index is 0.118. The lowest BCUT2D eigenvalue weighted by molar-refractivity contribution is -0.660. The largest absolute Gasteiger partial charge is 0.452 e. The minimum Gasteiger partial charge on any atom is -0.452 e. The highest BCUT2D eigenvalue weighted by molar-refractivity contribution is 6.10. The first-order valence-electron chi connectivity index (χ1n) is 13.0. The van der Waals surface area contributed by atoms with Crippen molar-refractivity contribution in [2.24, 2.45) is 7.05 Å². The molecular weight excluding hydrogens is 469 g/mol. The van der Waals surface area contributed by atoms with Crippen LogP contribution >= 0.6 is 0 Å². The first kappa shape index (κ1) is 24.1. The van der Waals surface area contributed by atoms with Crippen LogP contribution in [-0.2, 0) is 12.5 Å². The predicted molar refractivity (Wildman–Crippen MR) is 155 cm³/mol. The van der Waals surface area contributed by atoms with E-state index in [0.29, 0.717) is 16.7 Å². The van der Waals surface area contributed by atoms with Gasteiger partial charge in [0.25, 0.3) is 0 Å². The third kappa shape index (κ3) is 3.99. The summed E-state index contributed by atoms with van der Waals surface area (Å²) in [5.74, 6) is -0.331. The van der Waals surface area contributed by atoms with E-state index in [2.05, 4.69) is 80.8 Å². The summed E-state index contributed by atoms with van der Waals surface area (Å²) in [4.78, 5) is 0. The van der Waals surface area contributed by atoms with Gasteiger partial charge in [-0.1, -0.05) is 87.5 Å². The molecule has 0 aliphatic heterocycles. The smallest absolute Gasteiger partial charge is 0.216 e. The van der Waals surface area contributed by atoms with Crippen LogP contribution in [0.1, 0.15) is 31.9 Å². The summed E-state index contributed by atoms with van der Waals surface area (Å²) < 4.78 is 24.4. The number of furan rings is 1. The molecule has 0 spiro atoms. The standard InChI is InChI=1S/C35H31FNO/c1-22-9-18-28-29-20-19-27(32(36)34(29)38-33(28)31(22)30-8-6-7-21-37(30)5)25-12-10-23(11-13-25)24-14-16-26(17-15-24)35(2,3)4/h6-21H,1-5H3/q+1. The van der Waals surface area contributed by atoms with Gasteiger partial charge in [0.1, 0.15) is 12.6 Å². The Balaban J connectivity index is 1.42. The zero-order chi connectivity index (χ0) is 26.6. The molecule has 0 N–H and O–H groups in total. The van der Waals surface area contributed by atoms with Crippen LogP contribution in [0.5, 0.6) is 0 Å². The van der Waals surface area contributed by atoms with E-state index < -0.39 is 0 Å². The molecule has 2 heterocycles. The van der Waals surface area contributed by atoms with E-state index in [1.54, 1.807) is 0 Å². The zero-order valence-corrected chi connectivity index (χ0v) is 22.5. The van der Waals surface area contributed by atoms with Gasteiger partial charge in [-0.25, -0.2) is 8.96 Å². The fourth-order valence-corrected chi connectivity index (χ4v) is 5.30. The Morgan fingerprint density at radius 2 is 1.29 bits per heavy atom. The number of benzene rings is 4. The van der Waals surface area contributed by atoms with E-state index in [0.717, 1.165) is 44.3 Å². The number of nitrogens with zero attached hydrogens (tertiary/aromatic N) is 1. The van der Waals surface area contributed by atoms with Gasteiger partial charge in [0.2, 0.25) is 5.69 Å². The van der Waals surface area contributed by atoms with Crippen LogP contribution in [0.15, 0.2) is 102 Å². The maximum atomic E-state index is 16.0. The number of rotatable bonds is 3. The average molecular weight is 501 g/mol. The number of fused-ring (bicyclic) bond motifs is 3. The van der Waals surface area contributed by atoms with E-state index in [9.17, 15) is 0 Å². The summed E-state index contributed by atoms with van der Waals surface area (Å²) in [6.07, 6.45) is 2.01. The van der Waals surface area contributed by atoms with E-state index in [1.807, 2.05) is 55.7 Å². The SMILES string of the molecule is Cc1ccc2c(oc3c(F)c(-c4ccc(-c5ccc(C(C)(C)C)cc5)cc4)ccc32)c1-c1cccc[n+]1C. The summed E-state index contributed by atoms with van der Waals surface area (Å²) in [6, 6.07) is 30.8. The molecule has 0 atom stereocenters. The highest BCUT2D eigenvalue weighted by Gasteiger charge is 2.22. The molecule has 0 aliphatic rings. The van der Waals surface area contributed by atoms with Crippen LogP contribution in [0.3, 0.4) is 0 Å². The van der Waals surface area contributed by atoms with Crippen molar-refractivity contribution in [3.63, 3.8) is 0 Å². The molecule has 3 heteroatoms. The van der Waals surface area contributed by atoms with E-state index in [1.165, 1.54) is 5.56 Å². The molecule has 0 bridgehead atoms. The Bertz CT molecular complexity index is 1800. The van der Waals surface area contributed by atoms with Crippen LogP contribution in [-0.4, -0.2) is 0 Å². The molecule has 6 aromatic rings. The quantitative estimate of drug-likeness (QED) is 0.221. The Labute approximate surface area is 223 Å². The van der Waals surface area contributed by atoms with Crippen LogP contribution < -0.4 is 4.57 Å². The summed E-state index contributed by atoms with van der Waals surface area (Å²) in [5.41, 5.74) is 9.16. The highest BCUT2D eigenvalue weighted by Crippen LogP contribution is 2.40. The third-order valence-electron chi connectivity index (χ3n) is 7.55. The molecule has 0 fully saturated rings.